The number of carbonyl (C=O) groups is 1. The van der Waals surface area contributed by atoms with Crippen LogP contribution in [0.1, 0.15) is 40.9 Å². The topological polar surface area (TPSA) is 122 Å². The molecule has 1 amide bonds. The van der Waals surface area contributed by atoms with E-state index in [9.17, 15) is 14.9 Å². The second-order valence-electron chi connectivity index (χ2n) is 8.92. The molecule has 10 nitrogen and oxygen atoms in total. The van der Waals surface area contributed by atoms with E-state index in [0.29, 0.717) is 53.9 Å². The SMILES string of the molecule is CCOc1cc(/C=N/NC(=O)c2ccc(OCc3ccccc3)c(OCC)c2)ccc1OCc1ccc([N+](=O)[O-])cc1. The van der Waals surface area contributed by atoms with Gasteiger partial charge in [0.15, 0.2) is 23.0 Å². The number of nitro groups is 1. The Morgan fingerprint density at radius 3 is 1.98 bits per heavy atom. The zero-order valence-electron chi connectivity index (χ0n) is 23.3. The van der Waals surface area contributed by atoms with Gasteiger partial charge in [-0.1, -0.05) is 30.3 Å². The number of rotatable bonds is 14. The highest BCUT2D eigenvalue weighted by Gasteiger charge is 2.12. The molecule has 4 aromatic rings. The number of non-ortho nitro benzene ring substituents is 1. The van der Waals surface area contributed by atoms with Gasteiger partial charge in [0.05, 0.1) is 24.4 Å². The van der Waals surface area contributed by atoms with E-state index in [1.54, 1.807) is 48.5 Å². The second kappa shape index (κ2) is 14.8. The molecule has 0 atom stereocenters. The van der Waals surface area contributed by atoms with Crippen LogP contribution in [0.15, 0.2) is 96.1 Å². The van der Waals surface area contributed by atoms with Crippen LogP contribution in [0.25, 0.3) is 0 Å². The van der Waals surface area contributed by atoms with Crippen LogP contribution in [0.3, 0.4) is 0 Å². The van der Waals surface area contributed by atoms with Crippen molar-refractivity contribution in [3.05, 3.63) is 123 Å². The number of hydrogen-bond donors (Lipinski definition) is 1. The number of ether oxygens (including phenoxy) is 4. The molecule has 0 aliphatic carbocycles. The van der Waals surface area contributed by atoms with Gasteiger partial charge >= 0.3 is 0 Å². The van der Waals surface area contributed by atoms with Gasteiger partial charge in [-0.15, -0.1) is 0 Å². The molecule has 0 aliphatic rings. The highest BCUT2D eigenvalue weighted by Crippen LogP contribution is 2.30. The highest BCUT2D eigenvalue weighted by molar-refractivity contribution is 5.95. The lowest BCUT2D eigenvalue weighted by Gasteiger charge is -2.13. The number of nitro benzene ring substituents is 1. The Morgan fingerprint density at radius 1 is 0.762 bits per heavy atom. The summed E-state index contributed by atoms with van der Waals surface area (Å²) in [6, 6.07) is 26.2. The standard InChI is InChI=1S/C32H31N3O7/c1-3-39-30-18-25(12-16-28(30)42-22-24-10-14-27(15-11-24)35(37)38)20-33-34-32(36)26-13-17-29(31(19-26)40-4-2)41-21-23-8-6-5-7-9-23/h5-20H,3-4,21-22H2,1-2H3,(H,34,36)/b33-20+. The zero-order chi connectivity index (χ0) is 29.7. The first-order valence-corrected chi connectivity index (χ1v) is 13.4. The number of benzene rings is 4. The summed E-state index contributed by atoms with van der Waals surface area (Å²) in [6.07, 6.45) is 1.50. The van der Waals surface area contributed by atoms with E-state index in [4.69, 9.17) is 18.9 Å². The summed E-state index contributed by atoms with van der Waals surface area (Å²) in [4.78, 5) is 23.2. The third-order valence-electron chi connectivity index (χ3n) is 5.93. The van der Waals surface area contributed by atoms with Crippen LogP contribution < -0.4 is 24.4 Å². The average Bonchev–Trinajstić information content (AvgIpc) is 3.01. The molecule has 0 unspecified atom stereocenters. The lowest BCUT2D eigenvalue weighted by Crippen LogP contribution is -2.17. The molecule has 0 saturated carbocycles. The van der Waals surface area contributed by atoms with Crippen molar-refractivity contribution >= 4 is 17.8 Å². The fourth-order valence-electron chi connectivity index (χ4n) is 3.87. The van der Waals surface area contributed by atoms with Crippen LogP contribution in [0.4, 0.5) is 5.69 Å². The maximum Gasteiger partial charge on any atom is 0.271 e. The first kappa shape index (κ1) is 29.6. The van der Waals surface area contributed by atoms with E-state index < -0.39 is 10.8 Å². The van der Waals surface area contributed by atoms with Gasteiger partial charge in [0.1, 0.15) is 13.2 Å². The second-order valence-corrected chi connectivity index (χ2v) is 8.92. The minimum absolute atomic E-state index is 0.0177. The highest BCUT2D eigenvalue weighted by atomic mass is 16.6. The van der Waals surface area contributed by atoms with E-state index in [1.807, 2.05) is 44.2 Å². The van der Waals surface area contributed by atoms with Gasteiger partial charge in [-0.25, -0.2) is 5.43 Å². The van der Waals surface area contributed by atoms with E-state index >= 15 is 0 Å². The first-order chi connectivity index (χ1) is 20.5. The predicted octanol–water partition coefficient (Wildman–Crippen LogP) is 6.31. The quantitative estimate of drug-likeness (QED) is 0.107. The molecule has 0 spiro atoms. The van der Waals surface area contributed by atoms with Crippen molar-refractivity contribution in [2.24, 2.45) is 5.10 Å². The van der Waals surface area contributed by atoms with Crippen LogP contribution in [-0.4, -0.2) is 30.3 Å². The molecule has 42 heavy (non-hydrogen) atoms. The van der Waals surface area contributed by atoms with Crippen molar-refractivity contribution in [1.29, 1.82) is 0 Å². The maximum absolute atomic E-state index is 12.8. The Kier molecular flexibility index (Phi) is 10.5. The lowest BCUT2D eigenvalue weighted by molar-refractivity contribution is -0.384. The number of nitrogens with zero attached hydrogens (tertiary/aromatic N) is 2. The largest absolute Gasteiger partial charge is 0.490 e. The molecule has 0 fully saturated rings. The fraction of sp³-hybridized carbons (Fsp3) is 0.188. The van der Waals surface area contributed by atoms with Gasteiger partial charge in [0.25, 0.3) is 11.6 Å². The third kappa shape index (κ3) is 8.31. The summed E-state index contributed by atoms with van der Waals surface area (Å²) in [5.41, 5.74) is 5.40. The summed E-state index contributed by atoms with van der Waals surface area (Å²) >= 11 is 0. The molecule has 0 heterocycles. The molecule has 4 rings (SSSR count). The normalized spacial score (nSPS) is 10.7. The summed E-state index contributed by atoms with van der Waals surface area (Å²) in [5, 5.41) is 14.9. The minimum Gasteiger partial charge on any atom is -0.490 e. The van der Waals surface area contributed by atoms with Gasteiger partial charge in [0, 0.05) is 17.7 Å². The number of hydrazone groups is 1. The van der Waals surface area contributed by atoms with Crippen molar-refractivity contribution in [2.45, 2.75) is 27.1 Å². The van der Waals surface area contributed by atoms with Gasteiger partial charge in [-0.3, -0.25) is 14.9 Å². The number of hydrogen-bond acceptors (Lipinski definition) is 8. The molecule has 216 valence electrons. The van der Waals surface area contributed by atoms with Crippen LogP contribution in [0.5, 0.6) is 23.0 Å². The molecular formula is C32H31N3O7. The molecule has 1 N–H and O–H groups in total. The smallest absolute Gasteiger partial charge is 0.271 e. The van der Waals surface area contributed by atoms with E-state index in [-0.39, 0.29) is 12.3 Å². The Labute approximate surface area is 243 Å². The summed E-state index contributed by atoms with van der Waals surface area (Å²) in [5.74, 6) is 1.61. The summed E-state index contributed by atoms with van der Waals surface area (Å²) in [7, 11) is 0. The van der Waals surface area contributed by atoms with Crippen molar-refractivity contribution in [3.8, 4) is 23.0 Å². The van der Waals surface area contributed by atoms with Gasteiger partial charge < -0.3 is 18.9 Å². The van der Waals surface area contributed by atoms with E-state index in [1.165, 1.54) is 18.3 Å². The Balaban J connectivity index is 1.37. The van der Waals surface area contributed by atoms with Crippen molar-refractivity contribution < 1.29 is 28.7 Å². The van der Waals surface area contributed by atoms with Gasteiger partial charge in [-0.05, 0) is 79.1 Å². The molecule has 0 radical (unpaired) electrons. The number of carbonyl (C=O) groups excluding carboxylic acids is 1. The molecule has 0 bridgehead atoms. The summed E-state index contributed by atoms with van der Waals surface area (Å²) < 4.78 is 23.2. The average molecular weight is 570 g/mol. The predicted molar refractivity (Wildman–Crippen MR) is 158 cm³/mol. The zero-order valence-corrected chi connectivity index (χ0v) is 23.3. The van der Waals surface area contributed by atoms with Crippen molar-refractivity contribution in [1.82, 2.24) is 5.43 Å². The third-order valence-corrected chi connectivity index (χ3v) is 5.93. The minimum atomic E-state index is -0.447. The molecule has 4 aromatic carbocycles. The maximum atomic E-state index is 12.8. The van der Waals surface area contributed by atoms with Crippen molar-refractivity contribution in [2.75, 3.05) is 13.2 Å². The van der Waals surface area contributed by atoms with Crippen LogP contribution in [0, 0.1) is 10.1 Å². The van der Waals surface area contributed by atoms with Crippen LogP contribution in [0.2, 0.25) is 0 Å². The summed E-state index contributed by atoms with van der Waals surface area (Å²) in [6.45, 7) is 5.14. The Bertz CT molecular complexity index is 1520. The van der Waals surface area contributed by atoms with Crippen molar-refractivity contribution in [3.63, 3.8) is 0 Å². The Morgan fingerprint density at radius 2 is 1.36 bits per heavy atom. The Hall–Kier alpha value is -5.38. The fourth-order valence-corrected chi connectivity index (χ4v) is 3.87. The monoisotopic (exact) mass is 569 g/mol. The molecule has 0 aromatic heterocycles. The van der Waals surface area contributed by atoms with E-state index in [0.717, 1.165) is 11.1 Å². The molecule has 0 saturated heterocycles. The lowest BCUT2D eigenvalue weighted by atomic mass is 10.2. The number of nitrogens with one attached hydrogen (secondary N) is 1. The molecule has 0 aliphatic heterocycles. The van der Waals surface area contributed by atoms with Crippen LogP contribution in [-0.2, 0) is 13.2 Å². The number of amides is 1. The first-order valence-electron chi connectivity index (χ1n) is 13.4. The molecular weight excluding hydrogens is 538 g/mol. The van der Waals surface area contributed by atoms with E-state index in [2.05, 4.69) is 10.5 Å². The molecule has 10 heteroatoms. The van der Waals surface area contributed by atoms with Crippen LogP contribution >= 0.6 is 0 Å². The van der Waals surface area contributed by atoms with Gasteiger partial charge in [-0.2, -0.15) is 5.10 Å². The van der Waals surface area contributed by atoms with Gasteiger partial charge in [0.2, 0.25) is 0 Å².